The molecule has 7 heteroatoms. The van der Waals surface area contributed by atoms with Crippen molar-refractivity contribution in [2.45, 2.75) is 38.8 Å². The second kappa shape index (κ2) is 9.16. The number of nitrogens with zero attached hydrogens (tertiary/aromatic N) is 1. The maximum absolute atomic E-state index is 12.3. The molecule has 1 fully saturated rings. The molecule has 0 unspecified atom stereocenters. The first kappa shape index (κ1) is 20.4. The van der Waals surface area contributed by atoms with E-state index in [0.29, 0.717) is 31.5 Å². The molecule has 0 bridgehead atoms. The van der Waals surface area contributed by atoms with E-state index in [4.69, 9.17) is 4.74 Å². The van der Waals surface area contributed by atoms with Crippen LogP contribution in [-0.4, -0.2) is 49.1 Å². The van der Waals surface area contributed by atoms with Gasteiger partial charge in [0.25, 0.3) is 0 Å². The lowest BCUT2D eigenvalue weighted by atomic mass is 9.98. The van der Waals surface area contributed by atoms with Crippen LogP contribution in [-0.2, 0) is 9.53 Å². The monoisotopic (exact) mass is 371 g/mol. The zero-order chi connectivity index (χ0) is 19.2. The molecule has 0 aliphatic carbocycles. The second-order valence-electron chi connectivity index (χ2n) is 6.81. The molecule has 2 rings (SSSR count). The van der Waals surface area contributed by atoms with Crippen LogP contribution in [0.15, 0.2) is 24.3 Å². The van der Waals surface area contributed by atoms with Gasteiger partial charge in [-0.15, -0.1) is 0 Å². The molecule has 0 aromatic heterocycles. The number of likely N-dealkylation sites (tertiary alicyclic amines) is 1. The third-order valence-electron chi connectivity index (χ3n) is 4.52. The van der Waals surface area contributed by atoms with E-state index < -0.39 is 18.7 Å². The second-order valence-corrected chi connectivity index (χ2v) is 6.81. The highest BCUT2D eigenvalue weighted by atomic mass is 19.4. The van der Waals surface area contributed by atoms with E-state index >= 15 is 0 Å². The quantitative estimate of drug-likeness (QED) is 0.541. The van der Waals surface area contributed by atoms with Gasteiger partial charge in [0.2, 0.25) is 0 Å². The van der Waals surface area contributed by atoms with Gasteiger partial charge in [-0.2, -0.15) is 13.2 Å². The number of Topliss-reactive ketones (excluding diaryl/α,β-unsaturated/α-hetero) is 1. The number of ether oxygens (including phenoxy) is 1. The Morgan fingerprint density at radius 2 is 1.73 bits per heavy atom. The van der Waals surface area contributed by atoms with Crippen molar-refractivity contribution in [3.05, 3.63) is 35.4 Å². The van der Waals surface area contributed by atoms with Crippen molar-refractivity contribution in [1.29, 1.82) is 0 Å². The molecule has 0 spiro atoms. The van der Waals surface area contributed by atoms with Gasteiger partial charge in [-0.1, -0.05) is 29.8 Å². The smallest absolute Gasteiger partial charge is 0.401 e. The van der Waals surface area contributed by atoms with Gasteiger partial charge in [0.15, 0.2) is 5.78 Å². The topological polar surface area (TPSA) is 46.6 Å². The number of halogens is 3. The fourth-order valence-electron chi connectivity index (χ4n) is 2.95. The van der Waals surface area contributed by atoms with Crippen LogP contribution >= 0.6 is 0 Å². The molecule has 1 heterocycles. The maximum Gasteiger partial charge on any atom is 0.401 e. The summed E-state index contributed by atoms with van der Waals surface area (Å²) in [6, 6.07) is 7.16. The molecule has 144 valence electrons. The number of carbonyl (C=O) groups is 2. The number of benzene rings is 1. The summed E-state index contributed by atoms with van der Waals surface area (Å²) in [4.78, 5) is 25.2. The highest BCUT2D eigenvalue weighted by molar-refractivity contribution is 5.97. The number of esters is 1. The molecule has 0 amide bonds. The Labute approximate surface area is 151 Å². The van der Waals surface area contributed by atoms with Gasteiger partial charge in [0.1, 0.15) is 0 Å². The Morgan fingerprint density at radius 1 is 1.12 bits per heavy atom. The number of ketones is 1. The largest absolute Gasteiger partial charge is 0.465 e. The molecule has 1 saturated heterocycles. The van der Waals surface area contributed by atoms with Crippen LogP contribution in [0, 0.1) is 12.8 Å². The van der Waals surface area contributed by atoms with Gasteiger partial charge in [0.05, 0.1) is 19.6 Å². The Hall–Kier alpha value is -1.89. The highest BCUT2D eigenvalue weighted by Gasteiger charge is 2.32. The summed E-state index contributed by atoms with van der Waals surface area (Å²) in [5.41, 5.74) is 1.63. The summed E-state index contributed by atoms with van der Waals surface area (Å²) in [7, 11) is 0. The van der Waals surface area contributed by atoms with Crippen molar-refractivity contribution in [3.8, 4) is 0 Å². The summed E-state index contributed by atoms with van der Waals surface area (Å²) in [5, 5.41) is 0. The first-order valence-electron chi connectivity index (χ1n) is 8.77. The van der Waals surface area contributed by atoms with Crippen molar-refractivity contribution in [2.75, 3.05) is 26.2 Å². The zero-order valence-electron chi connectivity index (χ0n) is 14.8. The molecular weight excluding hydrogens is 347 g/mol. The average molecular weight is 371 g/mol. The van der Waals surface area contributed by atoms with E-state index in [1.165, 1.54) is 4.90 Å². The van der Waals surface area contributed by atoms with Gasteiger partial charge >= 0.3 is 12.1 Å². The molecule has 1 aromatic carbocycles. The van der Waals surface area contributed by atoms with Crippen LogP contribution in [0.3, 0.4) is 0 Å². The Morgan fingerprint density at radius 3 is 2.31 bits per heavy atom. The number of hydrogen-bond acceptors (Lipinski definition) is 4. The van der Waals surface area contributed by atoms with Crippen LogP contribution < -0.4 is 0 Å². The molecule has 0 atom stereocenters. The number of rotatable bonds is 7. The van der Waals surface area contributed by atoms with E-state index in [-0.39, 0.29) is 31.1 Å². The molecule has 4 nitrogen and oxygen atoms in total. The van der Waals surface area contributed by atoms with Crippen molar-refractivity contribution >= 4 is 11.8 Å². The first-order chi connectivity index (χ1) is 12.2. The third-order valence-corrected chi connectivity index (χ3v) is 4.52. The summed E-state index contributed by atoms with van der Waals surface area (Å²) in [6.07, 6.45) is -2.92. The van der Waals surface area contributed by atoms with Crippen molar-refractivity contribution in [3.63, 3.8) is 0 Å². The maximum atomic E-state index is 12.3. The zero-order valence-corrected chi connectivity index (χ0v) is 14.8. The fourth-order valence-corrected chi connectivity index (χ4v) is 2.95. The minimum absolute atomic E-state index is 0.0135. The standard InChI is InChI=1S/C19H24F3NO3/c1-14-2-4-16(5-3-14)17(24)6-7-18(25)26-12-15-8-10-23(11-9-15)13-19(20,21)22/h2-5,15H,6-13H2,1H3. The fraction of sp³-hybridized carbons (Fsp3) is 0.579. The van der Waals surface area contributed by atoms with Crippen LogP contribution in [0.25, 0.3) is 0 Å². The van der Waals surface area contributed by atoms with E-state index in [1.807, 2.05) is 19.1 Å². The summed E-state index contributed by atoms with van der Waals surface area (Å²) >= 11 is 0. The van der Waals surface area contributed by atoms with Crippen LogP contribution in [0.5, 0.6) is 0 Å². The SMILES string of the molecule is Cc1ccc(C(=O)CCC(=O)OCC2CCN(CC(F)(F)F)CC2)cc1. The summed E-state index contributed by atoms with van der Waals surface area (Å²) in [5.74, 6) is -0.471. The van der Waals surface area contributed by atoms with Gasteiger partial charge < -0.3 is 4.74 Å². The number of hydrogen-bond donors (Lipinski definition) is 0. The number of alkyl halides is 3. The molecule has 26 heavy (non-hydrogen) atoms. The normalized spacial score (nSPS) is 16.5. The molecule has 0 N–H and O–H groups in total. The van der Waals surface area contributed by atoms with E-state index in [9.17, 15) is 22.8 Å². The van der Waals surface area contributed by atoms with E-state index in [2.05, 4.69) is 0 Å². The lowest BCUT2D eigenvalue weighted by Gasteiger charge is -2.31. The predicted molar refractivity (Wildman–Crippen MR) is 90.9 cm³/mol. The van der Waals surface area contributed by atoms with E-state index in [0.717, 1.165) is 5.56 Å². The number of piperidine rings is 1. The minimum atomic E-state index is -4.18. The molecule has 1 aliphatic rings. The lowest BCUT2D eigenvalue weighted by molar-refractivity contribution is -0.150. The summed E-state index contributed by atoms with van der Waals surface area (Å²) < 4.78 is 42.2. The Balaban J connectivity index is 1.63. The van der Waals surface area contributed by atoms with Crippen LogP contribution in [0.2, 0.25) is 0 Å². The predicted octanol–water partition coefficient (Wildman–Crippen LogP) is 3.78. The van der Waals surface area contributed by atoms with Gasteiger partial charge in [-0.05, 0) is 38.8 Å². The average Bonchev–Trinajstić information content (AvgIpc) is 2.58. The van der Waals surface area contributed by atoms with Gasteiger partial charge in [0, 0.05) is 12.0 Å². The first-order valence-corrected chi connectivity index (χ1v) is 8.77. The van der Waals surface area contributed by atoms with Gasteiger partial charge in [-0.25, -0.2) is 0 Å². The van der Waals surface area contributed by atoms with Crippen LogP contribution in [0.4, 0.5) is 13.2 Å². The number of aryl methyl sites for hydroxylation is 1. The van der Waals surface area contributed by atoms with Crippen molar-refractivity contribution in [1.82, 2.24) is 4.90 Å². The molecule has 0 radical (unpaired) electrons. The summed E-state index contributed by atoms with van der Waals surface area (Å²) in [6.45, 7) is 1.96. The Bertz CT molecular complexity index is 605. The van der Waals surface area contributed by atoms with E-state index in [1.54, 1.807) is 12.1 Å². The molecule has 1 aliphatic heterocycles. The number of carbonyl (C=O) groups excluding carboxylic acids is 2. The molecular formula is C19H24F3NO3. The van der Waals surface area contributed by atoms with Crippen LogP contribution in [0.1, 0.15) is 41.6 Å². The van der Waals surface area contributed by atoms with Gasteiger partial charge in [-0.3, -0.25) is 14.5 Å². The van der Waals surface area contributed by atoms with Crippen molar-refractivity contribution < 1.29 is 27.5 Å². The highest BCUT2D eigenvalue weighted by Crippen LogP contribution is 2.22. The minimum Gasteiger partial charge on any atom is -0.465 e. The third kappa shape index (κ3) is 7.15. The van der Waals surface area contributed by atoms with Crippen molar-refractivity contribution in [2.24, 2.45) is 5.92 Å². The lowest BCUT2D eigenvalue weighted by Crippen LogP contribution is -2.40. The Kier molecular flexibility index (Phi) is 7.20. The molecule has 1 aromatic rings. The molecule has 0 saturated carbocycles.